The Hall–Kier alpha value is -2.17. The highest BCUT2D eigenvalue weighted by Gasteiger charge is 2.04. The van der Waals surface area contributed by atoms with Crippen LogP contribution in [0.25, 0.3) is 0 Å². The molecule has 2 N–H and O–H groups in total. The van der Waals surface area contributed by atoms with E-state index in [1.165, 1.54) is 29.1 Å². The molecule has 1 aromatic carbocycles. The molecule has 88 valence electrons. The van der Waals surface area contributed by atoms with Gasteiger partial charge in [-0.05, 0) is 30.2 Å². The van der Waals surface area contributed by atoms with Gasteiger partial charge >= 0.3 is 0 Å². The van der Waals surface area contributed by atoms with Crippen molar-refractivity contribution in [1.29, 1.82) is 0 Å². The van der Waals surface area contributed by atoms with E-state index in [2.05, 4.69) is 5.10 Å². The zero-order valence-electron chi connectivity index (χ0n) is 9.35. The highest BCUT2D eigenvalue weighted by molar-refractivity contribution is 5.32. The van der Waals surface area contributed by atoms with Gasteiger partial charge in [0.05, 0.1) is 18.4 Å². The van der Waals surface area contributed by atoms with Gasteiger partial charge in [-0.1, -0.05) is 6.07 Å². The van der Waals surface area contributed by atoms with Crippen LogP contribution in [0.5, 0.6) is 0 Å². The van der Waals surface area contributed by atoms with Crippen LogP contribution >= 0.6 is 0 Å². The molecule has 2 aromatic rings. The minimum Gasteiger partial charge on any atom is -0.397 e. The number of hydrogen-bond acceptors (Lipinski definition) is 3. The largest absolute Gasteiger partial charge is 0.397 e. The standard InChI is InChI=1S/C12H12FN3O/c1-8-2-3-10(13)4-9(8)7-16-12(17)5-11(14)6-15-16/h2-6H,7,14H2,1H3. The number of rotatable bonds is 2. The van der Waals surface area contributed by atoms with Crippen molar-refractivity contribution in [2.24, 2.45) is 0 Å². The average molecular weight is 233 g/mol. The smallest absolute Gasteiger partial charge is 0.269 e. The van der Waals surface area contributed by atoms with E-state index in [0.29, 0.717) is 5.69 Å². The van der Waals surface area contributed by atoms with Crippen molar-refractivity contribution in [1.82, 2.24) is 9.78 Å². The normalized spacial score (nSPS) is 10.5. The van der Waals surface area contributed by atoms with Crippen molar-refractivity contribution >= 4 is 5.69 Å². The molecule has 4 nitrogen and oxygen atoms in total. The molecule has 1 aromatic heterocycles. The summed E-state index contributed by atoms with van der Waals surface area (Å²) in [5.41, 5.74) is 7.10. The van der Waals surface area contributed by atoms with Crippen LogP contribution in [0, 0.1) is 12.7 Å². The van der Waals surface area contributed by atoms with E-state index in [1.54, 1.807) is 6.07 Å². The van der Waals surface area contributed by atoms with E-state index < -0.39 is 0 Å². The average Bonchev–Trinajstić information content (AvgIpc) is 2.27. The Morgan fingerprint density at radius 1 is 1.41 bits per heavy atom. The van der Waals surface area contributed by atoms with Gasteiger partial charge in [0, 0.05) is 6.07 Å². The highest BCUT2D eigenvalue weighted by Crippen LogP contribution is 2.10. The third-order valence-corrected chi connectivity index (χ3v) is 2.52. The van der Waals surface area contributed by atoms with Crippen LogP contribution in [0.1, 0.15) is 11.1 Å². The SMILES string of the molecule is Cc1ccc(F)cc1Cn1ncc(N)cc1=O. The second-order valence-electron chi connectivity index (χ2n) is 3.86. The third-order valence-electron chi connectivity index (χ3n) is 2.52. The fraction of sp³-hybridized carbons (Fsp3) is 0.167. The first-order valence-electron chi connectivity index (χ1n) is 5.14. The van der Waals surface area contributed by atoms with Gasteiger partial charge in [0.15, 0.2) is 0 Å². The van der Waals surface area contributed by atoms with Crippen LogP contribution in [-0.4, -0.2) is 9.78 Å². The first kappa shape index (κ1) is 11.3. The number of aromatic nitrogens is 2. The zero-order valence-corrected chi connectivity index (χ0v) is 9.35. The third kappa shape index (κ3) is 2.50. The maximum Gasteiger partial charge on any atom is 0.269 e. The molecule has 0 amide bonds. The molecule has 0 atom stereocenters. The minimum absolute atomic E-state index is 0.239. The Kier molecular flexibility index (Phi) is 2.91. The van der Waals surface area contributed by atoms with E-state index in [4.69, 9.17) is 5.73 Å². The van der Waals surface area contributed by atoms with E-state index in [1.807, 2.05) is 6.92 Å². The summed E-state index contributed by atoms with van der Waals surface area (Å²) in [6.07, 6.45) is 1.40. The molecule has 0 radical (unpaired) electrons. The second kappa shape index (κ2) is 4.37. The summed E-state index contributed by atoms with van der Waals surface area (Å²) in [5.74, 6) is -0.325. The summed E-state index contributed by atoms with van der Waals surface area (Å²) in [4.78, 5) is 11.6. The first-order chi connectivity index (χ1) is 8.06. The molecule has 0 aliphatic carbocycles. The van der Waals surface area contributed by atoms with Crippen LogP contribution in [0.15, 0.2) is 35.3 Å². The van der Waals surface area contributed by atoms with Gasteiger partial charge in [-0.15, -0.1) is 0 Å². The monoisotopic (exact) mass is 233 g/mol. The van der Waals surface area contributed by atoms with Crippen molar-refractivity contribution in [3.05, 3.63) is 57.8 Å². The lowest BCUT2D eigenvalue weighted by Crippen LogP contribution is -2.23. The summed E-state index contributed by atoms with van der Waals surface area (Å²) in [5, 5.41) is 3.90. The molecule has 0 aliphatic rings. The number of aryl methyl sites for hydroxylation is 1. The topological polar surface area (TPSA) is 60.9 Å². The lowest BCUT2D eigenvalue weighted by atomic mass is 10.1. The number of hydrogen-bond donors (Lipinski definition) is 1. The van der Waals surface area contributed by atoms with Gasteiger partial charge in [0.25, 0.3) is 5.56 Å². The van der Waals surface area contributed by atoms with Crippen LogP contribution in [0.2, 0.25) is 0 Å². The number of nitrogen functional groups attached to an aromatic ring is 1. The van der Waals surface area contributed by atoms with Crippen molar-refractivity contribution in [2.75, 3.05) is 5.73 Å². The molecule has 1 heterocycles. The maximum atomic E-state index is 13.1. The van der Waals surface area contributed by atoms with Gasteiger partial charge < -0.3 is 5.73 Å². The van der Waals surface area contributed by atoms with Gasteiger partial charge in [0.2, 0.25) is 0 Å². The predicted molar refractivity (Wildman–Crippen MR) is 63.1 cm³/mol. The van der Waals surface area contributed by atoms with E-state index in [9.17, 15) is 9.18 Å². The molecule has 2 rings (SSSR count). The molecule has 0 spiro atoms. The Labute approximate surface area is 97.5 Å². The minimum atomic E-state index is -0.325. The molecule has 0 aliphatic heterocycles. The lowest BCUT2D eigenvalue weighted by molar-refractivity contribution is 0.609. The Bertz CT molecular complexity index is 607. The van der Waals surface area contributed by atoms with Gasteiger partial charge in [0.1, 0.15) is 5.82 Å². The molecular weight excluding hydrogens is 221 g/mol. The molecule has 5 heteroatoms. The number of nitrogens with two attached hydrogens (primary N) is 1. The van der Waals surface area contributed by atoms with Crippen molar-refractivity contribution < 1.29 is 4.39 Å². The number of halogens is 1. The van der Waals surface area contributed by atoms with E-state index in [0.717, 1.165) is 11.1 Å². The molecule has 0 fully saturated rings. The number of benzene rings is 1. The number of anilines is 1. The van der Waals surface area contributed by atoms with Gasteiger partial charge in [-0.25, -0.2) is 9.07 Å². The van der Waals surface area contributed by atoms with Crippen molar-refractivity contribution in [3.8, 4) is 0 Å². The summed E-state index contributed by atoms with van der Waals surface area (Å²) in [6, 6.07) is 5.76. The summed E-state index contributed by atoms with van der Waals surface area (Å²) < 4.78 is 14.3. The van der Waals surface area contributed by atoms with Gasteiger partial charge in [-0.3, -0.25) is 4.79 Å². The fourth-order valence-corrected chi connectivity index (χ4v) is 1.54. The van der Waals surface area contributed by atoms with Crippen LogP contribution in [-0.2, 0) is 6.54 Å². The zero-order chi connectivity index (χ0) is 12.4. The lowest BCUT2D eigenvalue weighted by Gasteiger charge is -2.07. The first-order valence-corrected chi connectivity index (χ1v) is 5.14. The fourth-order valence-electron chi connectivity index (χ4n) is 1.54. The van der Waals surface area contributed by atoms with Crippen molar-refractivity contribution in [3.63, 3.8) is 0 Å². The highest BCUT2D eigenvalue weighted by atomic mass is 19.1. The molecule has 0 saturated carbocycles. The molecule has 0 saturated heterocycles. The van der Waals surface area contributed by atoms with Crippen molar-refractivity contribution in [2.45, 2.75) is 13.5 Å². The van der Waals surface area contributed by atoms with E-state index >= 15 is 0 Å². The Morgan fingerprint density at radius 2 is 2.18 bits per heavy atom. The summed E-state index contributed by atoms with van der Waals surface area (Å²) in [6.45, 7) is 2.10. The quantitative estimate of drug-likeness (QED) is 0.851. The number of nitrogens with zero attached hydrogens (tertiary/aromatic N) is 2. The Balaban J connectivity index is 2.38. The molecular formula is C12H12FN3O. The second-order valence-corrected chi connectivity index (χ2v) is 3.86. The molecule has 0 unspecified atom stereocenters. The predicted octanol–water partition coefficient (Wildman–Crippen LogP) is 1.32. The molecule has 17 heavy (non-hydrogen) atoms. The summed E-state index contributed by atoms with van der Waals surface area (Å²) >= 11 is 0. The molecule has 0 bridgehead atoms. The van der Waals surface area contributed by atoms with Crippen LogP contribution in [0.4, 0.5) is 10.1 Å². The van der Waals surface area contributed by atoms with E-state index in [-0.39, 0.29) is 17.9 Å². The van der Waals surface area contributed by atoms with Crippen LogP contribution < -0.4 is 11.3 Å². The van der Waals surface area contributed by atoms with Crippen LogP contribution in [0.3, 0.4) is 0 Å². The maximum absolute atomic E-state index is 13.1. The Morgan fingerprint density at radius 3 is 2.88 bits per heavy atom. The summed E-state index contributed by atoms with van der Waals surface area (Å²) in [7, 11) is 0. The van der Waals surface area contributed by atoms with Gasteiger partial charge in [-0.2, -0.15) is 5.10 Å².